The summed E-state index contributed by atoms with van der Waals surface area (Å²) in [6, 6.07) is 0.729. The second kappa shape index (κ2) is 5.37. The maximum atomic E-state index is 6.39. The molecular formula is C17H31NO. The van der Waals surface area contributed by atoms with Gasteiger partial charge in [-0.3, -0.25) is 0 Å². The highest BCUT2D eigenvalue weighted by Gasteiger charge is 2.42. The Balaban J connectivity index is 1.43. The summed E-state index contributed by atoms with van der Waals surface area (Å²) in [5, 5.41) is 3.80. The van der Waals surface area contributed by atoms with Gasteiger partial charge in [-0.15, -0.1) is 0 Å². The molecule has 2 unspecified atom stereocenters. The molecule has 2 atom stereocenters. The Morgan fingerprint density at radius 3 is 2.53 bits per heavy atom. The molecule has 2 heteroatoms. The average Bonchev–Trinajstić information content (AvgIpc) is 2.97. The van der Waals surface area contributed by atoms with Crippen LogP contribution in [0.1, 0.15) is 78.1 Å². The smallest absolute Gasteiger partial charge is 0.0708 e. The van der Waals surface area contributed by atoms with Crippen LogP contribution in [0.15, 0.2) is 0 Å². The molecule has 1 aliphatic heterocycles. The predicted molar refractivity (Wildman–Crippen MR) is 79.3 cm³/mol. The monoisotopic (exact) mass is 265 g/mol. The van der Waals surface area contributed by atoms with Crippen LogP contribution in [0.3, 0.4) is 0 Å². The molecular weight excluding hydrogens is 234 g/mol. The quantitative estimate of drug-likeness (QED) is 0.831. The van der Waals surface area contributed by atoms with E-state index < -0.39 is 0 Å². The van der Waals surface area contributed by atoms with E-state index in [9.17, 15) is 0 Å². The fourth-order valence-corrected chi connectivity index (χ4v) is 4.60. The summed E-state index contributed by atoms with van der Waals surface area (Å²) < 4.78 is 6.39. The van der Waals surface area contributed by atoms with Gasteiger partial charge in [-0.25, -0.2) is 0 Å². The molecule has 3 fully saturated rings. The van der Waals surface area contributed by atoms with Gasteiger partial charge in [-0.2, -0.15) is 0 Å². The minimum absolute atomic E-state index is 0.304. The number of nitrogens with one attached hydrogen (secondary N) is 1. The Labute approximate surface area is 118 Å². The number of rotatable bonds is 3. The lowest BCUT2D eigenvalue weighted by atomic mass is 9.75. The van der Waals surface area contributed by atoms with E-state index in [0.717, 1.165) is 12.6 Å². The van der Waals surface area contributed by atoms with Gasteiger partial charge in [0.15, 0.2) is 0 Å². The Bertz CT molecular complexity index is 306. The van der Waals surface area contributed by atoms with Crippen molar-refractivity contribution in [3.63, 3.8) is 0 Å². The standard InChI is InChI=1S/C17H31NO/c1-16(2)8-5-6-14(12-16)18-13-15-7-11-17(19-15)9-3-4-10-17/h14-15,18H,3-13H2,1-2H3. The molecule has 0 radical (unpaired) electrons. The first-order valence-corrected chi connectivity index (χ1v) is 8.48. The Morgan fingerprint density at radius 2 is 1.79 bits per heavy atom. The minimum atomic E-state index is 0.304. The molecule has 3 rings (SSSR count). The largest absolute Gasteiger partial charge is 0.370 e. The highest BCUT2D eigenvalue weighted by atomic mass is 16.5. The van der Waals surface area contributed by atoms with E-state index in [1.807, 2.05) is 0 Å². The molecule has 0 amide bonds. The van der Waals surface area contributed by atoms with Gasteiger partial charge in [-0.05, 0) is 50.4 Å². The first-order chi connectivity index (χ1) is 9.07. The third-order valence-corrected chi connectivity index (χ3v) is 5.69. The van der Waals surface area contributed by atoms with Crippen molar-refractivity contribution in [3.8, 4) is 0 Å². The predicted octanol–water partition coefficient (Wildman–Crippen LogP) is 4.04. The molecule has 1 saturated heterocycles. The van der Waals surface area contributed by atoms with Crippen LogP contribution in [0.25, 0.3) is 0 Å². The second-order valence-electron chi connectivity index (χ2n) is 8.03. The summed E-state index contributed by atoms with van der Waals surface area (Å²) >= 11 is 0. The molecule has 3 aliphatic rings. The Morgan fingerprint density at radius 1 is 1.00 bits per heavy atom. The first-order valence-electron chi connectivity index (χ1n) is 8.48. The van der Waals surface area contributed by atoms with Gasteiger partial charge in [-0.1, -0.05) is 33.1 Å². The SMILES string of the molecule is CC1(C)CCCC(NCC2CCC3(CCCC3)O2)C1. The highest BCUT2D eigenvalue weighted by Crippen LogP contribution is 2.43. The molecule has 1 heterocycles. The number of hydrogen-bond donors (Lipinski definition) is 1. The molecule has 0 bridgehead atoms. The maximum absolute atomic E-state index is 6.39. The van der Waals surface area contributed by atoms with Gasteiger partial charge in [0.05, 0.1) is 11.7 Å². The summed E-state index contributed by atoms with van der Waals surface area (Å²) in [6.07, 6.45) is 14.0. The maximum Gasteiger partial charge on any atom is 0.0708 e. The molecule has 0 aromatic rings. The minimum Gasteiger partial charge on any atom is -0.370 e. The van der Waals surface area contributed by atoms with Crippen LogP contribution in [-0.4, -0.2) is 24.3 Å². The van der Waals surface area contributed by atoms with E-state index in [1.54, 1.807) is 0 Å². The molecule has 2 nitrogen and oxygen atoms in total. The zero-order valence-electron chi connectivity index (χ0n) is 12.8. The van der Waals surface area contributed by atoms with E-state index in [1.165, 1.54) is 64.2 Å². The average molecular weight is 265 g/mol. The molecule has 0 aromatic carbocycles. The topological polar surface area (TPSA) is 21.3 Å². The summed E-state index contributed by atoms with van der Waals surface area (Å²) in [6.45, 7) is 5.92. The van der Waals surface area contributed by atoms with Gasteiger partial charge in [0.2, 0.25) is 0 Å². The first kappa shape index (κ1) is 13.9. The van der Waals surface area contributed by atoms with Crippen molar-refractivity contribution in [3.05, 3.63) is 0 Å². The van der Waals surface area contributed by atoms with Crippen LogP contribution < -0.4 is 5.32 Å². The summed E-state index contributed by atoms with van der Waals surface area (Å²) in [5.41, 5.74) is 0.845. The molecule has 110 valence electrons. The summed E-state index contributed by atoms with van der Waals surface area (Å²) in [7, 11) is 0. The van der Waals surface area contributed by atoms with Crippen molar-refractivity contribution in [2.45, 2.75) is 95.8 Å². The van der Waals surface area contributed by atoms with Crippen LogP contribution in [0.2, 0.25) is 0 Å². The van der Waals surface area contributed by atoms with Gasteiger partial charge >= 0.3 is 0 Å². The van der Waals surface area contributed by atoms with E-state index in [2.05, 4.69) is 19.2 Å². The lowest BCUT2D eigenvalue weighted by Gasteiger charge is -2.36. The fraction of sp³-hybridized carbons (Fsp3) is 1.00. The summed E-state index contributed by atoms with van der Waals surface area (Å²) in [4.78, 5) is 0. The third-order valence-electron chi connectivity index (χ3n) is 5.69. The van der Waals surface area contributed by atoms with Crippen LogP contribution in [0.5, 0.6) is 0 Å². The highest BCUT2D eigenvalue weighted by molar-refractivity contribution is 4.94. The van der Waals surface area contributed by atoms with Gasteiger partial charge < -0.3 is 10.1 Å². The normalized spacial score (nSPS) is 36.9. The van der Waals surface area contributed by atoms with Gasteiger partial charge in [0, 0.05) is 12.6 Å². The van der Waals surface area contributed by atoms with E-state index in [0.29, 0.717) is 17.1 Å². The molecule has 1 spiro atoms. The zero-order chi connectivity index (χ0) is 13.3. The van der Waals surface area contributed by atoms with Crippen LogP contribution in [0, 0.1) is 5.41 Å². The number of ether oxygens (including phenoxy) is 1. The van der Waals surface area contributed by atoms with Gasteiger partial charge in [0.25, 0.3) is 0 Å². The second-order valence-corrected chi connectivity index (χ2v) is 8.03. The molecule has 0 aromatic heterocycles. The van der Waals surface area contributed by atoms with Crippen molar-refractivity contribution in [1.82, 2.24) is 5.32 Å². The third kappa shape index (κ3) is 3.33. The van der Waals surface area contributed by atoms with Crippen molar-refractivity contribution >= 4 is 0 Å². The van der Waals surface area contributed by atoms with Crippen LogP contribution >= 0.6 is 0 Å². The lowest BCUT2D eigenvalue weighted by molar-refractivity contribution is -0.0367. The van der Waals surface area contributed by atoms with Crippen molar-refractivity contribution in [1.29, 1.82) is 0 Å². The number of hydrogen-bond acceptors (Lipinski definition) is 2. The van der Waals surface area contributed by atoms with Crippen LogP contribution in [0.4, 0.5) is 0 Å². The molecule has 2 saturated carbocycles. The summed E-state index contributed by atoms with van der Waals surface area (Å²) in [5.74, 6) is 0. The Kier molecular flexibility index (Phi) is 3.92. The van der Waals surface area contributed by atoms with E-state index in [-0.39, 0.29) is 0 Å². The van der Waals surface area contributed by atoms with Crippen molar-refractivity contribution < 1.29 is 4.74 Å². The lowest BCUT2D eigenvalue weighted by Crippen LogP contribution is -2.41. The van der Waals surface area contributed by atoms with E-state index >= 15 is 0 Å². The van der Waals surface area contributed by atoms with Crippen molar-refractivity contribution in [2.24, 2.45) is 5.41 Å². The molecule has 1 N–H and O–H groups in total. The zero-order valence-corrected chi connectivity index (χ0v) is 12.8. The fourth-order valence-electron chi connectivity index (χ4n) is 4.60. The molecule has 19 heavy (non-hydrogen) atoms. The molecule has 2 aliphatic carbocycles. The van der Waals surface area contributed by atoms with Crippen molar-refractivity contribution in [2.75, 3.05) is 6.54 Å². The van der Waals surface area contributed by atoms with Gasteiger partial charge in [0.1, 0.15) is 0 Å². The van der Waals surface area contributed by atoms with E-state index in [4.69, 9.17) is 4.74 Å². The van der Waals surface area contributed by atoms with Crippen LogP contribution in [-0.2, 0) is 4.74 Å². The Hall–Kier alpha value is -0.0800.